The molecule has 1 aromatic heterocycles. The van der Waals surface area contributed by atoms with E-state index in [0.29, 0.717) is 0 Å². The highest BCUT2D eigenvalue weighted by Gasteiger charge is 2.47. The van der Waals surface area contributed by atoms with Gasteiger partial charge in [-0.3, -0.25) is 9.09 Å². The van der Waals surface area contributed by atoms with Gasteiger partial charge in [0.25, 0.3) is 0 Å². The van der Waals surface area contributed by atoms with Crippen LogP contribution in [0.15, 0.2) is 17.1 Å². The van der Waals surface area contributed by atoms with Gasteiger partial charge in [0.05, 0.1) is 24.1 Å². The van der Waals surface area contributed by atoms with Crippen molar-refractivity contribution in [2.75, 3.05) is 12.3 Å². The monoisotopic (exact) mass is 601 g/mol. The summed E-state index contributed by atoms with van der Waals surface area (Å²) in [6, 6.07) is 1.29. The Bertz CT molecular complexity index is 1060. The Kier molecular flexibility index (Phi) is 12.0. The fourth-order valence-corrected chi connectivity index (χ4v) is 5.90. The number of hydrogen-bond acceptors (Lipinski definition) is 15. The molecule has 39 heavy (non-hydrogen) atoms. The molecule has 1 fully saturated rings. The van der Waals surface area contributed by atoms with Crippen LogP contribution in [0.25, 0.3) is 0 Å². The van der Waals surface area contributed by atoms with E-state index in [1.807, 2.05) is 0 Å². The third kappa shape index (κ3) is 10.2. The number of ether oxygens (including phenoxy) is 4. The predicted molar refractivity (Wildman–Crippen MR) is 134 cm³/mol. The molecular weight excluding hydrogens is 568 g/mol. The Hall–Kier alpha value is -2.43. The van der Waals surface area contributed by atoms with Gasteiger partial charge in [-0.25, -0.2) is 32.4 Å². The van der Waals surface area contributed by atoms with Crippen LogP contribution in [-0.2, 0) is 37.1 Å². The van der Waals surface area contributed by atoms with Crippen molar-refractivity contribution >= 4 is 37.7 Å². The first-order valence-corrected chi connectivity index (χ1v) is 14.2. The fraction of sp³-hybridized carbons (Fsp3) is 0.714. The van der Waals surface area contributed by atoms with Crippen LogP contribution in [0.2, 0.25) is 0 Å². The third-order valence-corrected chi connectivity index (χ3v) is 7.67. The van der Waals surface area contributed by atoms with Gasteiger partial charge in [-0.15, -0.1) is 11.8 Å². The molecule has 2 rings (SSSR count). The molecule has 222 valence electrons. The van der Waals surface area contributed by atoms with E-state index in [1.54, 1.807) is 27.7 Å². The molecule has 1 aliphatic heterocycles. The Morgan fingerprint density at radius 2 is 1.59 bits per heavy atom. The lowest BCUT2D eigenvalue weighted by Gasteiger charge is -2.25. The Morgan fingerprint density at radius 3 is 2.05 bits per heavy atom. The number of nitrogen functional groups attached to an aromatic ring is 1. The van der Waals surface area contributed by atoms with Crippen molar-refractivity contribution in [3.8, 4) is 0 Å². The van der Waals surface area contributed by atoms with Gasteiger partial charge < -0.3 is 29.8 Å². The van der Waals surface area contributed by atoms with Crippen molar-refractivity contribution in [2.24, 2.45) is 0 Å². The number of phosphoric acid groups is 1. The maximum atomic E-state index is 14.9. The van der Waals surface area contributed by atoms with E-state index >= 15 is 0 Å². The zero-order chi connectivity index (χ0) is 29.5. The number of anilines is 1. The number of nitrogens with zero attached hydrogens (tertiary/aromatic N) is 2. The molecule has 3 N–H and O–H groups in total. The molecule has 0 spiro atoms. The number of carbonyl (C=O) groups is 2. The molecule has 1 saturated heterocycles. The van der Waals surface area contributed by atoms with Crippen LogP contribution in [0.3, 0.4) is 0 Å². The number of aliphatic hydroxyl groups excluding tert-OH is 1. The van der Waals surface area contributed by atoms with Crippen LogP contribution >= 0.6 is 19.6 Å². The van der Waals surface area contributed by atoms with Gasteiger partial charge in [-0.05, 0) is 47.6 Å². The molecule has 0 bridgehead atoms. The van der Waals surface area contributed by atoms with Crippen LogP contribution in [0, 0.1) is 0 Å². The van der Waals surface area contributed by atoms with E-state index in [4.69, 9.17) is 38.3 Å². The largest absolute Gasteiger partial charge is 0.510 e. The first-order valence-electron chi connectivity index (χ1n) is 11.8. The maximum Gasteiger partial charge on any atom is 0.510 e. The number of aliphatic hydroxyl groups is 1. The summed E-state index contributed by atoms with van der Waals surface area (Å²) in [6.07, 6.45) is -8.77. The Labute approximate surface area is 228 Å². The molecule has 18 heteroatoms. The number of thioether (sulfide) groups is 1. The van der Waals surface area contributed by atoms with Crippen molar-refractivity contribution in [3.05, 3.63) is 22.7 Å². The fourth-order valence-electron chi connectivity index (χ4n) is 3.05. The first-order chi connectivity index (χ1) is 18.1. The smallest absolute Gasteiger partial charge is 0.432 e. The van der Waals surface area contributed by atoms with Gasteiger partial charge in [0.15, 0.2) is 6.17 Å². The molecule has 0 amide bonds. The average molecular weight is 602 g/mol. The minimum atomic E-state index is -4.73. The van der Waals surface area contributed by atoms with E-state index in [9.17, 15) is 28.4 Å². The van der Waals surface area contributed by atoms with E-state index in [-0.39, 0.29) is 5.82 Å². The minimum absolute atomic E-state index is 0.0625. The zero-order valence-electron chi connectivity index (χ0n) is 22.1. The lowest BCUT2D eigenvalue weighted by atomic mass is 10.1. The summed E-state index contributed by atoms with van der Waals surface area (Å²) in [7, 11) is -4.73. The van der Waals surface area contributed by atoms with E-state index in [0.717, 1.165) is 16.3 Å². The average Bonchev–Trinajstić information content (AvgIpc) is 3.04. The summed E-state index contributed by atoms with van der Waals surface area (Å²) < 4.78 is 64.4. The first kappa shape index (κ1) is 32.8. The quantitative estimate of drug-likeness (QED) is 0.201. The lowest BCUT2D eigenvalue weighted by Crippen LogP contribution is -2.33. The highest BCUT2D eigenvalue weighted by Crippen LogP contribution is 2.54. The number of alkyl halides is 1. The van der Waals surface area contributed by atoms with Gasteiger partial charge in [0.2, 0.25) is 12.6 Å². The summed E-state index contributed by atoms with van der Waals surface area (Å²) in [5, 5.41) is 8.15. The van der Waals surface area contributed by atoms with Crippen molar-refractivity contribution < 1.29 is 56.2 Å². The summed E-state index contributed by atoms with van der Waals surface area (Å²) in [5.74, 6) is -0.0625. The highest BCUT2D eigenvalue weighted by molar-refractivity contribution is 8.00. The van der Waals surface area contributed by atoms with Gasteiger partial charge in [0.1, 0.15) is 17.3 Å². The summed E-state index contributed by atoms with van der Waals surface area (Å²) in [5.41, 5.74) is 4.63. The SMILES string of the molecule is CC(C)OC(=O)OC(C)OP(=O)(OC[C@H]1S[C@@H](n2ccc(N)nc2=O)[C@@H](F)[C@@H]1O)OC(C)OC(=O)OC(C)C. The van der Waals surface area contributed by atoms with Crippen LogP contribution in [0.4, 0.5) is 19.8 Å². The van der Waals surface area contributed by atoms with Crippen molar-refractivity contribution in [1.82, 2.24) is 9.55 Å². The van der Waals surface area contributed by atoms with Crippen molar-refractivity contribution in [3.63, 3.8) is 0 Å². The minimum Gasteiger partial charge on any atom is -0.432 e. The molecule has 0 aromatic carbocycles. The van der Waals surface area contributed by atoms with E-state index < -0.39 is 80.1 Å². The second-order valence-electron chi connectivity index (χ2n) is 8.70. The van der Waals surface area contributed by atoms with Gasteiger partial charge in [-0.1, -0.05) is 0 Å². The van der Waals surface area contributed by atoms with Crippen LogP contribution < -0.4 is 11.4 Å². The van der Waals surface area contributed by atoms with E-state index in [1.165, 1.54) is 26.1 Å². The molecule has 2 unspecified atom stereocenters. The number of rotatable bonds is 12. The van der Waals surface area contributed by atoms with Gasteiger partial charge in [-0.2, -0.15) is 4.98 Å². The third-order valence-electron chi connectivity index (χ3n) is 4.56. The molecular formula is C21H33FN3O12PS. The van der Waals surface area contributed by atoms with Crippen LogP contribution in [0.5, 0.6) is 0 Å². The van der Waals surface area contributed by atoms with Crippen LogP contribution in [-0.4, -0.2) is 75.9 Å². The predicted octanol–water partition coefficient (Wildman–Crippen LogP) is 3.11. The Balaban J connectivity index is 2.14. The van der Waals surface area contributed by atoms with Gasteiger partial charge in [0, 0.05) is 6.20 Å². The van der Waals surface area contributed by atoms with Gasteiger partial charge >= 0.3 is 25.8 Å². The molecule has 0 radical (unpaired) electrons. The molecule has 6 atom stereocenters. The van der Waals surface area contributed by atoms with Crippen molar-refractivity contribution in [1.29, 1.82) is 0 Å². The molecule has 0 aliphatic carbocycles. The summed E-state index contributed by atoms with van der Waals surface area (Å²) in [4.78, 5) is 39.3. The summed E-state index contributed by atoms with van der Waals surface area (Å²) >= 11 is 0.803. The summed E-state index contributed by atoms with van der Waals surface area (Å²) in [6.45, 7) is 8.05. The lowest BCUT2D eigenvalue weighted by molar-refractivity contribution is -0.106. The topological polar surface area (TPSA) is 197 Å². The maximum absolute atomic E-state index is 14.9. The van der Waals surface area contributed by atoms with E-state index in [2.05, 4.69) is 4.98 Å². The molecule has 15 nitrogen and oxygen atoms in total. The number of nitrogens with two attached hydrogens (primary N) is 1. The van der Waals surface area contributed by atoms with Crippen molar-refractivity contribution in [2.45, 2.75) is 89.2 Å². The number of carbonyl (C=O) groups excluding carboxylic acids is 2. The zero-order valence-corrected chi connectivity index (χ0v) is 23.8. The second-order valence-corrected chi connectivity index (χ2v) is 11.6. The molecule has 1 aliphatic rings. The number of hydrogen-bond donors (Lipinski definition) is 2. The normalized spacial score (nSPS) is 24.2. The molecule has 0 saturated carbocycles. The highest BCUT2D eigenvalue weighted by atomic mass is 32.2. The number of halogens is 1. The standard InChI is InChI=1S/C21H33FN3O12PS/c1-10(2)32-20(28)34-12(5)36-38(30,37-13(6)35-21(29)33-11(3)4)31-9-14-17(26)16(22)18(39-14)25-8-7-15(23)24-19(25)27/h7-8,10-14,16-18,26H,9H2,1-6H3,(H2,23,24,27)/t12?,13?,14-,16+,17-,18-,38?/m1/s1. The van der Waals surface area contributed by atoms with Crippen LogP contribution in [0.1, 0.15) is 46.9 Å². The molecule has 1 aromatic rings. The second kappa shape index (κ2) is 14.3. The molecule has 2 heterocycles. The Morgan fingerprint density at radius 1 is 1.08 bits per heavy atom. The number of aromatic nitrogens is 2. The number of phosphoric ester groups is 1.